The Hall–Kier alpha value is -0.750. The van der Waals surface area contributed by atoms with Crippen molar-refractivity contribution in [1.82, 2.24) is 4.90 Å². The highest BCUT2D eigenvalue weighted by Crippen LogP contribution is 2.48. The van der Waals surface area contributed by atoms with E-state index < -0.39 is 11.4 Å². The summed E-state index contributed by atoms with van der Waals surface area (Å²) in [6.45, 7) is 1.88. The average molecular weight is 327 g/mol. The Bertz CT molecular complexity index is 438. The number of carbonyl (C=O) groups excluding carboxylic acids is 1. The van der Waals surface area contributed by atoms with Gasteiger partial charge in [0.2, 0.25) is 5.91 Å². The first kappa shape index (κ1) is 16.1. The highest BCUT2D eigenvalue weighted by molar-refractivity contribution is 7.99. The minimum Gasteiger partial charge on any atom is -0.481 e. The monoisotopic (exact) mass is 327 g/mol. The van der Waals surface area contributed by atoms with Crippen molar-refractivity contribution in [3.05, 3.63) is 0 Å². The topological polar surface area (TPSA) is 66.8 Å². The zero-order valence-electron chi connectivity index (χ0n) is 13.0. The SMILES string of the molecule is O=C(CSCC1CCCCO1)N1C[C@@H]2CCC[C@@]2(C(=O)O)C1. The molecule has 1 aliphatic carbocycles. The highest BCUT2D eigenvalue weighted by atomic mass is 32.2. The van der Waals surface area contributed by atoms with Gasteiger partial charge in [0.1, 0.15) is 0 Å². The number of fused-ring (bicyclic) bond motifs is 1. The van der Waals surface area contributed by atoms with Gasteiger partial charge in [0.25, 0.3) is 0 Å². The molecule has 0 spiro atoms. The second-order valence-corrected chi connectivity index (χ2v) is 7.86. The molecule has 5 nitrogen and oxygen atoms in total. The Morgan fingerprint density at radius 1 is 1.27 bits per heavy atom. The minimum atomic E-state index is -0.714. The quantitative estimate of drug-likeness (QED) is 0.836. The molecule has 3 rings (SSSR count). The van der Waals surface area contributed by atoms with Crippen LogP contribution in [0.3, 0.4) is 0 Å². The Balaban J connectivity index is 1.46. The summed E-state index contributed by atoms with van der Waals surface area (Å²) in [5, 5.41) is 9.56. The van der Waals surface area contributed by atoms with Crippen LogP contribution >= 0.6 is 11.8 Å². The third-order valence-corrected chi connectivity index (χ3v) is 6.51. The number of hydrogen-bond donors (Lipinski definition) is 1. The number of rotatable bonds is 5. The molecule has 1 saturated carbocycles. The lowest BCUT2D eigenvalue weighted by Crippen LogP contribution is -2.37. The molecule has 1 unspecified atom stereocenters. The Morgan fingerprint density at radius 2 is 2.14 bits per heavy atom. The number of hydrogen-bond acceptors (Lipinski definition) is 4. The van der Waals surface area contributed by atoms with Gasteiger partial charge in [-0.15, -0.1) is 11.8 Å². The van der Waals surface area contributed by atoms with E-state index in [2.05, 4.69) is 0 Å². The van der Waals surface area contributed by atoms with E-state index in [1.165, 1.54) is 6.42 Å². The van der Waals surface area contributed by atoms with Crippen LogP contribution in [0.4, 0.5) is 0 Å². The van der Waals surface area contributed by atoms with Gasteiger partial charge in [0.15, 0.2) is 0 Å². The summed E-state index contributed by atoms with van der Waals surface area (Å²) in [7, 11) is 0. The maximum Gasteiger partial charge on any atom is 0.311 e. The third kappa shape index (κ3) is 3.13. The number of carboxylic acid groups (broad SMARTS) is 1. The van der Waals surface area contributed by atoms with Crippen LogP contribution in [0.25, 0.3) is 0 Å². The summed E-state index contributed by atoms with van der Waals surface area (Å²) in [6, 6.07) is 0. The Morgan fingerprint density at radius 3 is 2.82 bits per heavy atom. The first-order valence-electron chi connectivity index (χ1n) is 8.32. The van der Waals surface area contributed by atoms with Crippen LogP contribution in [0, 0.1) is 11.3 Å². The van der Waals surface area contributed by atoms with Gasteiger partial charge >= 0.3 is 5.97 Å². The molecule has 2 heterocycles. The predicted molar refractivity (Wildman–Crippen MR) is 84.9 cm³/mol. The predicted octanol–water partition coefficient (Wildman–Crippen LogP) is 2.00. The van der Waals surface area contributed by atoms with Gasteiger partial charge in [0, 0.05) is 25.4 Å². The molecule has 2 saturated heterocycles. The molecular formula is C16H25NO4S. The van der Waals surface area contributed by atoms with E-state index >= 15 is 0 Å². The summed E-state index contributed by atoms with van der Waals surface area (Å²) in [6.07, 6.45) is 6.39. The van der Waals surface area contributed by atoms with Crippen LogP contribution < -0.4 is 0 Å². The van der Waals surface area contributed by atoms with Crippen molar-refractivity contribution in [2.75, 3.05) is 31.2 Å². The zero-order chi connectivity index (χ0) is 15.6. The minimum absolute atomic E-state index is 0.0934. The largest absolute Gasteiger partial charge is 0.481 e. The van der Waals surface area contributed by atoms with Crippen molar-refractivity contribution in [3.8, 4) is 0 Å². The van der Waals surface area contributed by atoms with Gasteiger partial charge in [-0.1, -0.05) is 6.42 Å². The van der Waals surface area contributed by atoms with Crippen LogP contribution in [0.5, 0.6) is 0 Å². The Kier molecular flexibility index (Phi) is 4.97. The lowest BCUT2D eigenvalue weighted by molar-refractivity contribution is -0.149. The molecule has 0 aromatic carbocycles. The van der Waals surface area contributed by atoms with E-state index in [1.54, 1.807) is 16.7 Å². The fourth-order valence-corrected chi connectivity index (χ4v) is 5.14. The number of nitrogens with zero attached hydrogens (tertiary/aromatic N) is 1. The molecule has 3 fully saturated rings. The summed E-state index contributed by atoms with van der Waals surface area (Å²) in [4.78, 5) is 25.8. The molecule has 3 atom stereocenters. The van der Waals surface area contributed by atoms with Gasteiger partial charge in [-0.05, 0) is 38.0 Å². The van der Waals surface area contributed by atoms with E-state index in [4.69, 9.17) is 4.74 Å². The first-order valence-corrected chi connectivity index (χ1v) is 9.48. The molecule has 6 heteroatoms. The fraction of sp³-hybridized carbons (Fsp3) is 0.875. The average Bonchev–Trinajstić information content (AvgIpc) is 3.06. The van der Waals surface area contributed by atoms with Crippen LogP contribution in [0.15, 0.2) is 0 Å². The number of carboxylic acids is 1. The molecule has 1 amide bonds. The summed E-state index contributed by atoms with van der Waals surface area (Å²) >= 11 is 1.63. The number of amides is 1. The second kappa shape index (κ2) is 6.79. The van der Waals surface area contributed by atoms with E-state index in [0.29, 0.717) is 18.8 Å². The van der Waals surface area contributed by atoms with Crippen molar-refractivity contribution < 1.29 is 19.4 Å². The first-order chi connectivity index (χ1) is 10.6. The maximum atomic E-state index is 12.4. The number of ether oxygens (including phenoxy) is 1. The summed E-state index contributed by atoms with van der Waals surface area (Å²) < 4.78 is 5.67. The lowest BCUT2D eigenvalue weighted by Gasteiger charge is -2.24. The van der Waals surface area contributed by atoms with Gasteiger partial charge in [0.05, 0.1) is 17.3 Å². The number of carbonyl (C=O) groups is 2. The Labute approximate surface area is 135 Å². The lowest BCUT2D eigenvalue weighted by atomic mass is 9.81. The smallest absolute Gasteiger partial charge is 0.311 e. The van der Waals surface area contributed by atoms with Gasteiger partial charge in [-0.2, -0.15) is 0 Å². The number of thioether (sulfide) groups is 1. The molecule has 1 N–H and O–H groups in total. The van der Waals surface area contributed by atoms with E-state index in [0.717, 1.165) is 44.5 Å². The molecule has 3 aliphatic rings. The van der Waals surface area contributed by atoms with Crippen molar-refractivity contribution >= 4 is 23.6 Å². The van der Waals surface area contributed by atoms with Crippen LogP contribution in [-0.2, 0) is 14.3 Å². The normalized spacial score (nSPS) is 34.6. The van der Waals surface area contributed by atoms with E-state index in [-0.39, 0.29) is 17.9 Å². The standard InChI is InChI=1S/C16H25NO4S/c18-14(10-22-9-13-5-1-2-7-21-13)17-8-12-4-3-6-16(12,11-17)15(19)20/h12-13H,1-11H2,(H,19,20)/t12-,13?,16+/m0/s1. The molecule has 22 heavy (non-hydrogen) atoms. The molecule has 0 radical (unpaired) electrons. The molecule has 0 bridgehead atoms. The molecular weight excluding hydrogens is 302 g/mol. The fourth-order valence-electron chi connectivity index (χ4n) is 4.14. The van der Waals surface area contributed by atoms with Gasteiger partial charge in [-0.3, -0.25) is 9.59 Å². The second-order valence-electron chi connectivity index (χ2n) is 6.83. The van der Waals surface area contributed by atoms with Crippen molar-refractivity contribution in [3.63, 3.8) is 0 Å². The van der Waals surface area contributed by atoms with E-state index in [9.17, 15) is 14.7 Å². The number of likely N-dealkylation sites (tertiary alicyclic amines) is 1. The molecule has 0 aromatic rings. The summed E-state index contributed by atoms with van der Waals surface area (Å²) in [5.41, 5.74) is -0.660. The molecule has 2 aliphatic heterocycles. The van der Waals surface area contributed by atoms with Crippen LogP contribution in [0.2, 0.25) is 0 Å². The van der Waals surface area contributed by atoms with Crippen molar-refractivity contribution in [2.45, 2.75) is 44.6 Å². The van der Waals surface area contributed by atoms with E-state index in [1.807, 2.05) is 0 Å². The van der Waals surface area contributed by atoms with Crippen molar-refractivity contribution in [2.24, 2.45) is 11.3 Å². The maximum absolute atomic E-state index is 12.4. The van der Waals surface area contributed by atoms with Crippen LogP contribution in [-0.4, -0.2) is 59.2 Å². The van der Waals surface area contributed by atoms with Gasteiger partial charge in [-0.25, -0.2) is 0 Å². The summed E-state index contributed by atoms with van der Waals surface area (Å²) in [5.74, 6) is 0.847. The highest BCUT2D eigenvalue weighted by Gasteiger charge is 2.55. The van der Waals surface area contributed by atoms with Crippen LogP contribution in [0.1, 0.15) is 38.5 Å². The molecule has 124 valence electrons. The number of aliphatic carboxylic acids is 1. The molecule has 0 aromatic heterocycles. The third-order valence-electron chi connectivity index (χ3n) is 5.45. The zero-order valence-corrected chi connectivity index (χ0v) is 13.8. The van der Waals surface area contributed by atoms with Crippen molar-refractivity contribution in [1.29, 1.82) is 0 Å². The van der Waals surface area contributed by atoms with Gasteiger partial charge < -0.3 is 14.7 Å².